The highest BCUT2D eigenvalue weighted by Gasteiger charge is 2.16. The number of hydrogen-bond acceptors (Lipinski definition) is 3. The molecule has 0 saturated heterocycles. The summed E-state index contributed by atoms with van der Waals surface area (Å²) in [6.45, 7) is 6.36. The van der Waals surface area contributed by atoms with Crippen LogP contribution in [-0.4, -0.2) is 18.5 Å². The molecule has 4 nitrogen and oxygen atoms in total. The monoisotopic (exact) mass is 291 g/mol. The van der Waals surface area contributed by atoms with Gasteiger partial charge in [0.05, 0.1) is 19.1 Å². The predicted octanol–water partition coefficient (Wildman–Crippen LogP) is 3.23. The first-order valence-corrected chi connectivity index (χ1v) is 7.52. The van der Waals surface area contributed by atoms with E-state index >= 15 is 0 Å². The molecule has 0 aliphatic carbocycles. The zero-order valence-electron chi connectivity index (χ0n) is 13.1. The third-order valence-corrected chi connectivity index (χ3v) is 3.11. The maximum atomic E-state index is 12.0. The summed E-state index contributed by atoms with van der Waals surface area (Å²) in [4.78, 5) is 23.3. The van der Waals surface area contributed by atoms with Crippen molar-refractivity contribution in [2.45, 2.75) is 46.1 Å². The molecule has 1 rings (SSSR count). The van der Waals surface area contributed by atoms with Crippen molar-refractivity contribution in [1.29, 1.82) is 0 Å². The van der Waals surface area contributed by atoms with Crippen LogP contribution in [0.3, 0.4) is 0 Å². The van der Waals surface area contributed by atoms with Gasteiger partial charge in [-0.15, -0.1) is 0 Å². The Kier molecular flexibility index (Phi) is 7.51. The average molecular weight is 291 g/mol. The number of rotatable bonds is 8. The Morgan fingerprint density at radius 1 is 1.14 bits per heavy atom. The van der Waals surface area contributed by atoms with Gasteiger partial charge in [0, 0.05) is 6.42 Å². The highest BCUT2D eigenvalue weighted by Crippen LogP contribution is 2.21. The lowest BCUT2D eigenvalue weighted by molar-refractivity contribution is -0.144. The van der Waals surface area contributed by atoms with Crippen molar-refractivity contribution in [2.24, 2.45) is 5.92 Å². The van der Waals surface area contributed by atoms with E-state index in [1.165, 1.54) is 0 Å². The molecule has 0 aromatic heterocycles. The molecule has 1 aromatic rings. The summed E-state index contributed by atoms with van der Waals surface area (Å²) < 4.78 is 4.83. The van der Waals surface area contributed by atoms with E-state index in [-0.39, 0.29) is 30.8 Å². The Hall–Kier alpha value is -1.84. The van der Waals surface area contributed by atoms with E-state index < -0.39 is 0 Å². The van der Waals surface area contributed by atoms with Crippen LogP contribution in [0.4, 0.5) is 0 Å². The van der Waals surface area contributed by atoms with Gasteiger partial charge in [0.15, 0.2) is 0 Å². The van der Waals surface area contributed by atoms with Crippen molar-refractivity contribution >= 4 is 11.9 Å². The number of esters is 1. The van der Waals surface area contributed by atoms with Crippen LogP contribution in [0.25, 0.3) is 0 Å². The minimum absolute atomic E-state index is 0.0131. The molecule has 21 heavy (non-hydrogen) atoms. The van der Waals surface area contributed by atoms with E-state index in [1.54, 1.807) is 6.92 Å². The molecule has 0 aliphatic heterocycles. The summed E-state index contributed by atoms with van der Waals surface area (Å²) in [7, 11) is 0. The summed E-state index contributed by atoms with van der Waals surface area (Å²) >= 11 is 0. The first-order chi connectivity index (χ1) is 10.0. The smallest absolute Gasteiger partial charge is 0.306 e. The third-order valence-electron chi connectivity index (χ3n) is 3.11. The van der Waals surface area contributed by atoms with Crippen LogP contribution in [0.2, 0.25) is 0 Å². The largest absolute Gasteiger partial charge is 0.466 e. The molecule has 0 radical (unpaired) electrons. The Morgan fingerprint density at radius 3 is 2.38 bits per heavy atom. The van der Waals surface area contributed by atoms with Crippen molar-refractivity contribution in [1.82, 2.24) is 5.32 Å². The molecular formula is C17H25NO3. The van der Waals surface area contributed by atoms with Gasteiger partial charge >= 0.3 is 5.97 Å². The van der Waals surface area contributed by atoms with Gasteiger partial charge in [-0.1, -0.05) is 44.2 Å². The van der Waals surface area contributed by atoms with Crippen LogP contribution < -0.4 is 5.32 Å². The lowest BCUT2D eigenvalue weighted by Crippen LogP contribution is -2.29. The molecule has 1 unspecified atom stereocenters. The quantitative estimate of drug-likeness (QED) is 0.748. The van der Waals surface area contributed by atoms with Gasteiger partial charge in [0.25, 0.3) is 0 Å². The van der Waals surface area contributed by atoms with Crippen LogP contribution in [0, 0.1) is 5.92 Å². The van der Waals surface area contributed by atoms with Gasteiger partial charge in [0.1, 0.15) is 0 Å². The average Bonchev–Trinajstić information content (AvgIpc) is 2.45. The molecular weight excluding hydrogens is 266 g/mol. The van der Waals surface area contributed by atoms with Crippen molar-refractivity contribution in [2.75, 3.05) is 6.61 Å². The van der Waals surface area contributed by atoms with Gasteiger partial charge in [-0.3, -0.25) is 9.59 Å². The van der Waals surface area contributed by atoms with Crippen LogP contribution in [0.15, 0.2) is 30.3 Å². The van der Waals surface area contributed by atoms with E-state index in [9.17, 15) is 9.59 Å². The molecule has 1 aromatic carbocycles. The lowest BCUT2D eigenvalue weighted by Gasteiger charge is -2.21. The molecule has 0 spiro atoms. The highest BCUT2D eigenvalue weighted by molar-refractivity contribution is 5.81. The van der Waals surface area contributed by atoms with Crippen molar-refractivity contribution in [3.05, 3.63) is 35.9 Å². The second-order valence-corrected chi connectivity index (χ2v) is 5.47. The summed E-state index contributed by atoms with van der Waals surface area (Å²) in [5.74, 6) is 0.0332. The van der Waals surface area contributed by atoms with Crippen LogP contribution in [0.1, 0.15) is 51.6 Å². The van der Waals surface area contributed by atoms with Gasteiger partial charge in [-0.2, -0.15) is 0 Å². The first-order valence-electron chi connectivity index (χ1n) is 7.52. The number of nitrogens with one attached hydrogen (secondary N) is 1. The van der Waals surface area contributed by atoms with Crippen molar-refractivity contribution < 1.29 is 14.3 Å². The number of carbonyl (C=O) groups is 2. The van der Waals surface area contributed by atoms with E-state index in [1.807, 2.05) is 30.3 Å². The molecule has 0 heterocycles. The van der Waals surface area contributed by atoms with E-state index in [0.717, 1.165) is 12.0 Å². The van der Waals surface area contributed by atoms with Crippen LogP contribution >= 0.6 is 0 Å². The lowest BCUT2D eigenvalue weighted by atomic mass is 9.97. The minimum Gasteiger partial charge on any atom is -0.466 e. The Morgan fingerprint density at radius 2 is 1.81 bits per heavy atom. The normalized spacial score (nSPS) is 12.0. The summed E-state index contributed by atoms with van der Waals surface area (Å²) in [6, 6.07) is 9.90. The van der Waals surface area contributed by atoms with Crippen molar-refractivity contribution in [3.63, 3.8) is 0 Å². The second-order valence-electron chi connectivity index (χ2n) is 5.47. The van der Waals surface area contributed by atoms with E-state index in [4.69, 9.17) is 4.74 Å². The summed E-state index contributed by atoms with van der Waals surface area (Å²) in [5, 5.41) is 3.02. The Balaban J connectivity index is 2.56. The van der Waals surface area contributed by atoms with Crippen molar-refractivity contribution in [3.8, 4) is 0 Å². The Bertz CT molecular complexity index is 443. The number of benzene rings is 1. The maximum absolute atomic E-state index is 12.0. The van der Waals surface area contributed by atoms with E-state index in [2.05, 4.69) is 19.2 Å². The number of ether oxygens (including phenoxy) is 1. The maximum Gasteiger partial charge on any atom is 0.306 e. The second kappa shape index (κ2) is 9.16. The van der Waals surface area contributed by atoms with Gasteiger partial charge in [-0.05, 0) is 24.8 Å². The summed E-state index contributed by atoms with van der Waals surface area (Å²) in [6.07, 6.45) is 1.16. The first kappa shape index (κ1) is 17.2. The van der Waals surface area contributed by atoms with Gasteiger partial charge < -0.3 is 10.1 Å². The molecule has 0 saturated carbocycles. The SMILES string of the molecule is CCOC(=O)CCC(=O)NC(CC(C)C)c1ccccc1. The number of carbonyl (C=O) groups excluding carboxylic acids is 2. The minimum atomic E-state index is -0.326. The molecule has 0 aliphatic rings. The fourth-order valence-electron chi connectivity index (χ4n) is 2.15. The van der Waals surface area contributed by atoms with Gasteiger partial charge in [0.2, 0.25) is 5.91 Å². The number of hydrogen-bond donors (Lipinski definition) is 1. The molecule has 1 atom stereocenters. The van der Waals surface area contributed by atoms with Crippen LogP contribution in [-0.2, 0) is 14.3 Å². The van der Waals surface area contributed by atoms with Crippen LogP contribution in [0.5, 0.6) is 0 Å². The Labute approximate surface area is 126 Å². The predicted molar refractivity (Wildman–Crippen MR) is 82.6 cm³/mol. The molecule has 1 N–H and O–H groups in total. The summed E-state index contributed by atoms with van der Waals surface area (Å²) in [5.41, 5.74) is 1.09. The topological polar surface area (TPSA) is 55.4 Å². The molecule has 116 valence electrons. The third kappa shape index (κ3) is 6.93. The molecule has 0 bridgehead atoms. The van der Waals surface area contributed by atoms with Gasteiger partial charge in [-0.25, -0.2) is 0 Å². The molecule has 0 fully saturated rings. The zero-order chi connectivity index (χ0) is 15.7. The fourth-order valence-corrected chi connectivity index (χ4v) is 2.15. The fraction of sp³-hybridized carbons (Fsp3) is 0.529. The zero-order valence-corrected chi connectivity index (χ0v) is 13.1. The number of amides is 1. The standard InChI is InChI=1S/C17H25NO3/c1-4-21-17(20)11-10-16(19)18-15(12-13(2)3)14-8-6-5-7-9-14/h5-9,13,15H,4,10-12H2,1-3H3,(H,18,19). The molecule has 4 heteroatoms. The van der Waals surface area contributed by atoms with E-state index in [0.29, 0.717) is 12.5 Å². The molecule has 1 amide bonds. The highest BCUT2D eigenvalue weighted by atomic mass is 16.5.